The van der Waals surface area contributed by atoms with Gasteiger partial charge in [0.25, 0.3) is 0 Å². The minimum absolute atomic E-state index is 0.0874. The lowest BCUT2D eigenvalue weighted by molar-refractivity contribution is -0.169. The van der Waals surface area contributed by atoms with Crippen LogP contribution in [0.4, 0.5) is 13.2 Å². The van der Waals surface area contributed by atoms with Crippen LogP contribution in [0, 0.1) is 11.8 Å². The van der Waals surface area contributed by atoms with Crippen LogP contribution >= 0.6 is 0 Å². The molecule has 2 saturated carbocycles. The van der Waals surface area contributed by atoms with E-state index in [0.717, 1.165) is 63.0 Å². The molecule has 0 heterocycles. The lowest BCUT2D eigenvalue weighted by Crippen LogP contribution is -2.48. The van der Waals surface area contributed by atoms with Gasteiger partial charge in [0, 0.05) is 5.92 Å². The molecule has 0 saturated heterocycles. The number of esters is 1. The molecule has 0 bridgehead atoms. The van der Waals surface area contributed by atoms with Crippen molar-refractivity contribution in [2.75, 3.05) is 13.1 Å². The number of carbonyl (C=O) groups is 1. The molecule has 0 spiro atoms. The molecule has 3 atom stereocenters. The Balaban J connectivity index is 1.31. The first-order chi connectivity index (χ1) is 17.8. The second-order valence-electron chi connectivity index (χ2n) is 10.6. The molecule has 4 rings (SSSR count). The highest BCUT2D eigenvalue weighted by Gasteiger charge is 2.47. The van der Waals surface area contributed by atoms with Gasteiger partial charge in [-0.3, -0.25) is 4.79 Å². The number of carbonyl (C=O) groups excluding carboxylic acids is 1. The molecular formula is C31H38F3NO2. The first-order valence-electron chi connectivity index (χ1n) is 13.6. The number of halogens is 3. The Hall–Kier alpha value is -2.60. The molecule has 200 valence electrons. The van der Waals surface area contributed by atoms with Crippen LogP contribution in [0.1, 0.15) is 68.1 Å². The minimum atomic E-state index is -4.32. The molecule has 2 fully saturated rings. The topological polar surface area (TPSA) is 38.3 Å². The third kappa shape index (κ3) is 6.64. The molecule has 0 aromatic heterocycles. The number of rotatable bonds is 10. The fourth-order valence-corrected chi connectivity index (χ4v) is 5.98. The number of hydrogen-bond acceptors (Lipinski definition) is 3. The molecule has 2 aromatic rings. The molecule has 0 radical (unpaired) electrons. The van der Waals surface area contributed by atoms with Crippen LogP contribution in [-0.4, -0.2) is 25.2 Å². The maximum Gasteiger partial charge on any atom is 0.416 e. The van der Waals surface area contributed by atoms with Crippen LogP contribution in [0.25, 0.3) is 0 Å². The van der Waals surface area contributed by atoms with Crippen LogP contribution in [0.15, 0.2) is 67.3 Å². The fourth-order valence-electron chi connectivity index (χ4n) is 5.98. The predicted molar refractivity (Wildman–Crippen MR) is 140 cm³/mol. The van der Waals surface area contributed by atoms with Crippen LogP contribution in [0.3, 0.4) is 0 Å². The van der Waals surface area contributed by atoms with Crippen molar-refractivity contribution in [2.45, 2.75) is 75.5 Å². The summed E-state index contributed by atoms with van der Waals surface area (Å²) in [4.78, 5) is 13.7. The Morgan fingerprint density at radius 1 is 1.03 bits per heavy atom. The number of nitrogens with one attached hydrogen (secondary N) is 1. The summed E-state index contributed by atoms with van der Waals surface area (Å²) >= 11 is 0. The highest BCUT2D eigenvalue weighted by atomic mass is 19.4. The van der Waals surface area contributed by atoms with Crippen molar-refractivity contribution in [1.29, 1.82) is 0 Å². The average molecular weight is 514 g/mol. The van der Waals surface area contributed by atoms with E-state index in [1.54, 1.807) is 6.07 Å². The van der Waals surface area contributed by atoms with Gasteiger partial charge in [-0.15, -0.1) is 6.58 Å². The summed E-state index contributed by atoms with van der Waals surface area (Å²) < 4.78 is 45.1. The van der Waals surface area contributed by atoms with E-state index in [9.17, 15) is 18.0 Å². The number of benzene rings is 2. The van der Waals surface area contributed by atoms with Crippen molar-refractivity contribution in [1.82, 2.24) is 5.32 Å². The zero-order chi connectivity index (χ0) is 26.3. The zero-order valence-corrected chi connectivity index (χ0v) is 21.4. The van der Waals surface area contributed by atoms with E-state index in [0.29, 0.717) is 31.0 Å². The van der Waals surface area contributed by atoms with E-state index in [1.807, 2.05) is 24.3 Å². The van der Waals surface area contributed by atoms with Crippen LogP contribution in [-0.2, 0) is 27.5 Å². The standard InChI is InChI=1S/C31H38F3NO2/c1-2-24-22-28(27(24)16-20-35-19-15-23-11-10-14-26(21-23)31(32,33)34)37-29(36)30(17-8-3-4-9-18-30)25-12-6-5-7-13-25/h2,5-7,10-14,21,24,27-28,35H,1,3-4,8-9,15-20,22H2/t24?,27?,28-/m0/s1. The summed E-state index contributed by atoms with van der Waals surface area (Å²) in [7, 11) is 0. The van der Waals surface area contributed by atoms with Crippen molar-refractivity contribution in [3.8, 4) is 0 Å². The second-order valence-corrected chi connectivity index (χ2v) is 10.6. The number of ether oxygens (including phenoxy) is 1. The Kier molecular flexibility index (Phi) is 9.12. The van der Waals surface area contributed by atoms with E-state index in [4.69, 9.17) is 4.74 Å². The smallest absolute Gasteiger partial charge is 0.416 e. The first-order valence-corrected chi connectivity index (χ1v) is 13.6. The number of hydrogen-bond donors (Lipinski definition) is 1. The van der Waals surface area contributed by atoms with E-state index >= 15 is 0 Å². The van der Waals surface area contributed by atoms with Gasteiger partial charge in [-0.25, -0.2) is 0 Å². The quantitative estimate of drug-likeness (QED) is 0.157. The molecule has 6 heteroatoms. The van der Waals surface area contributed by atoms with Gasteiger partial charge in [0.05, 0.1) is 11.0 Å². The van der Waals surface area contributed by atoms with Gasteiger partial charge >= 0.3 is 12.1 Å². The van der Waals surface area contributed by atoms with Gasteiger partial charge in [-0.2, -0.15) is 13.2 Å². The molecule has 37 heavy (non-hydrogen) atoms. The van der Waals surface area contributed by atoms with E-state index in [-0.39, 0.29) is 18.0 Å². The molecule has 2 unspecified atom stereocenters. The normalized spacial score (nSPS) is 23.5. The SMILES string of the molecule is C=CC1C[C@H](OC(=O)C2(c3ccccc3)CCCCCC2)C1CCNCCc1cccc(C(F)(F)F)c1. The second kappa shape index (κ2) is 12.3. The molecule has 2 aromatic carbocycles. The van der Waals surface area contributed by atoms with E-state index in [2.05, 4.69) is 24.0 Å². The third-order valence-electron chi connectivity index (χ3n) is 8.27. The van der Waals surface area contributed by atoms with Crippen molar-refractivity contribution in [2.24, 2.45) is 11.8 Å². The molecular weight excluding hydrogens is 475 g/mol. The Morgan fingerprint density at radius 3 is 2.43 bits per heavy atom. The molecule has 2 aliphatic carbocycles. The summed E-state index contributed by atoms with van der Waals surface area (Å²) in [6.45, 7) is 5.28. The van der Waals surface area contributed by atoms with Gasteiger partial charge in [-0.05, 0) is 68.3 Å². The minimum Gasteiger partial charge on any atom is -0.461 e. The highest BCUT2D eigenvalue weighted by molar-refractivity contribution is 5.83. The monoisotopic (exact) mass is 513 g/mol. The number of alkyl halides is 3. The summed E-state index contributed by atoms with van der Waals surface area (Å²) in [6, 6.07) is 15.6. The fraction of sp³-hybridized carbons (Fsp3) is 0.516. The van der Waals surface area contributed by atoms with Gasteiger partial charge < -0.3 is 10.1 Å². The maximum absolute atomic E-state index is 13.7. The molecule has 1 N–H and O–H groups in total. The van der Waals surface area contributed by atoms with Gasteiger partial charge in [0.2, 0.25) is 0 Å². The van der Waals surface area contributed by atoms with Gasteiger partial charge in [-0.1, -0.05) is 80.3 Å². The molecule has 2 aliphatic rings. The first kappa shape index (κ1) is 27.4. The summed E-state index contributed by atoms with van der Waals surface area (Å²) in [6.07, 6.45) is 5.69. The summed E-state index contributed by atoms with van der Waals surface area (Å²) in [5.41, 5.74) is 0.552. The molecule has 3 nitrogen and oxygen atoms in total. The summed E-state index contributed by atoms with van der Waals surface area (Å²) in [5, 5.41) is 3.36. The van der Waals surface area contributed by atoms with Gasteiger partial charge in [0.15, 0.2) is 0 Å². The van der Waals surface area contributed by atoms with Crippen LogP contribution in [0.5, 0.6) is 0 Å². The van der Waals surface area contributed by atoms with Crippen molar-refractivity contribution in [3.63, 3.8) is 0 Å². The Bertz CT molecular complexity index is 1030. The average Bonchev–Trinajstić information content (AvgIpc) is 3.15. The summed E-state index contributed by atoms with van der Waals surface area (Å²) in [5.74, 6) is 0.432. The molecule has 0 amide bonds. The maximum atomic E-state index is 13.7. The Morgan fingerprint density at radius 2 is 1.76 bits per heavy atom. The van der Waals surface area contributed by atoms with Crippen molar-refractivity contribution in [3.05, 3.63) is 83.9 Å². The molecule has 0 aliphatic heterocycles. The van der Waals surface area contributed by atoms with Crippen molar-refractivity contribution >= 4 is 5.97 Å². The lowest BCUT2D eigenvalue weighted by Gasteiger charge is -2.44. The largest absolute Gasteiger partial charge is 0.461 e. The van der Waals surface area contributed by atoms with E-state index in [1.165, 1.54) is 12.1 Å². The highest BCUT2D eigenvalue weighted by Crippen LogP contribution is 2.44. The predicted octanol–water partition coefficient (Wildman–Crippen LogP) is 7.25. The number of allylic oxidation sites excluding steroid dienone is 1. The third-order valence-corrected chi connectivity index (χ3v) is 8.27. The van der Waals surface area contributed by atoms with Crippen molar-refractivity contribution < 1.29 is 22.7 Å². The van der Waals surface area contributed by atoms with Crippen LogP contribution in [0.2, 0.25) is 0 Å². The lowest BCUT2D eigenvalue weighted by atomic mass is 9.68. The van der Waals surface area contributed by atoms with E-state index < -0.39 is 17.2 Å². The zero-order valence-electron chi connectivity index (χ0n) is 21.4. The van der Waals surface area contributed by atoms with Crippen LogP contribution < -0.4 is 5.32 Å². The Labute approximate surface area is 218 Å². The van der Waals surface area contributed by atoms with Gasteiger partial charge in [0.1, 0.15) is 6.10 Å².